The predicted molar refractivity (Wildman–Crippen MR) is 110 cm³/mol. The Kier molecular flexibility index (Phi) is 4.48. The van der Waals surface area contributed by atoms with Gasteiger partial charge in [0.1, 0.15) is 6.54 Å². The summed E-state index contributed by atoms with van der Waals surface area (Å²) < 4.78 is 41.2. The number of nitrogens with one attached hydrogen (secondary N) is 1. The van der Waals surface area contributed by atoms with Crippen LogP contribution in [0.2, 0.25) is 0 Å². The van der Waals surface area contributed by atoms with Crippen molar-refractivity contribution < 1.29 is 18.0 Å². The largest absolute Gasteiger partial charge is 0.416 e. The maximum absolute atomic E-state index is 13.0. The number of benzene rings is 1. The molecule has 2 bridgehead atoms. The predicted octanol–water partition coefficient (Wildman–Crippen LogP) is 3.31. The first-order chi connectivity index (χ1) is 15.1. The zero-order valence-corrected chi connectivity index (χ0v) is 17.6. The molecule has 10 heteroatoms. The molecule has 3 aliphatic carbocycles. The molecule has 3 fully saturated rings. The number of nitrogens with zero attached hydrogens (tertiary/aromatic N) is 4. The molecule has 1 amide bonds. The molecule has 32 heavy (non-hydrogen) atoms. The van der Waals surface area contributed by atoms with E-state index in [1.54, 1.807) is 20.0 Å². The van der Waals surface area contributed by atoms with Crippen molar-refractivity contribution in [1.82, 2.24) is 24.9 Å². The number of aromatic nitrogens is 4. The van der Waals surface area contributed by atoms with Crippen LogP contribution >= 0.6 is 0 Å². The van der Waals surface area contributed by atoms with Gasteiger partial charge in [-0.1, -0.05) is 12.1 Å². The van der Waals surface area contributed by atoms with Gasteiger partial charge in [-0.05, 0) is 56.7 Å². The van der Waals surface area contributed by atoms with E-state index < -0.39 is 23.7 Å². The van der Waals surface area contributed by atoms with Crippen molar-refractivity contribution in [2.24, 2.45) is 5.92 Å². The fourth-order valence-corrected chi connectivity index (χ4v) is 4.87. The molecular weight excluding hydrogens is 423 g/mol. The second kappa shape index (κ2) is 6.91. The van der Waals surface area contributed by atoms with Gasteiger partial charge in [0.15, 0.2) is 0 Å². The smallest absolute Gasteiger partial charge is 0.348 e. The van der Waals surface area contributed by atoms with Gasteiger partial charge in [-0.25, -0.2) is 4.68 Å². The first-order valence-corrected chi connectivity index (χ1v) is 10.5. The Morgan fingerprint density at radius 1 is 1.25 bits per heavy atom. The monoisotopic (exact) mass is 445 g/mol. The average molecular weight is 445 g/mol. The van der Waals surface area contributed by atoms with Crippen LogP contribution in [0, 0.1) is 12.8 Å². The van der Waals surface area contributed by atoms with Crippen molar-refractivity contribution in [1.29, 1.82) is 0 Å². The Hall–Kier alpha value is -3.17. The number of amides is 1. The molecule has 1 atom stereocenters. The van der Waals surface area contributed by atoms with Gasteiger partial charge >= 0.3 is 6.18 Å². The highest BCUT2D eigenvalue weighted by Crippen LogP contribution is 2.62. The molecule has 3 aliphatic rings. The molecule has 2 heterocycles. The van der Waals surface area contributed by atoms with Crippen LogP contribution < -0.4 is 10.9 Å². The maximum atomic E-state index is 13.0. The first-order valence-electron chi connectivity index (χ1n) is 10.5. The van der Waals surface area contributed by atoms with E-state index in [-0.39, 0.29) is 17.6 Å². The zero-order chi connectivity index (χ0) is 22.8. The number of halogens is 3. The average Bonchev–Trinajstić information content (AvgIpc) is 2.98. The fraction of sp³-hybridized carbons (Fsp3) is 0.455. The second-order valence-corrected chi connectivity index (χ2v) is 8.98. The molecule has 0 spiro atoms. The topological polar surface area (TPSA) is 81.8 Å². The van der Waals surface area contributed by atoms with E-state index in [1.165, 1.54) is 12.1 Å². The molecule has 7 nitrogen and oxygen atoms in total. The summed E-state index contributed by atoms with van der Waals surface area (Å²) in [4.78, 5) is 25.5. The normalized spacial score (nSPS) is 22.8. The Labute approximate surface area is 181 Å². The molecule has 3 aromatic rings. The molecule has 0 radical (unpaired) electrons. The molecule has 2 aromatic heterocycles. The summed E-state index contributed by atoms with van der Waals surface area (Å²) in [5.74, 6) is 0.300. The number of hydrogen-bond donors (Lipinski definition) is 1. The first kappa shape index (κ1) is 20.7. The number of carbonyl (C=O) groups is 1. The molecule has 0 aliphatic heterocycles. The van der Waals surface area contributed by atoms with Gasteiger partial charge in [0.05, 0.1) is 39.9 Å². The number of aryl methyl sites for hydroxylation is 1. The molecule has 1 N–H and O–H groups in total. The van der Waals surface area contributed by atoms with Gasteiger partial charge in [0, 0.05) is 0 Å². The van der Waals surface area contributed by atoms with E-state index >= 15 is 0 Å². The third-order valence-electron chi connectivity index (χ3n) is 6.73. The summed E-state index contributed by atoms with van der Waals surface area (Å²) in [6.07, 6.45) is 0.411. The molecule has 0 saturated heterocycles. The van der Waals surface area contributed by atoms with Crippen molar-refractivity contribution in [3.05, 3.63) is 57.6 Å². The Morgan fingerprint density at radius 3 is 2.47 bits per heavy atom. The highest BCUT2D eigenvalue weighted by Gasteiger charge is 2.59. The molecule has 168 valence electrons. The van der Waals surface area contributed by atoms with Gasteiger partial charge in [-0.15, -0.1) is 0 Å². The molecule has 3 saturated carbocycles. The van der Waals surface area contributed by atoms with Gasteiger partial charge < -0.3 is 5.32 Å². The standard InChI is InChI=1S/C22H22F3N5O2/c1-12(15-3-5-16(6-4-15)22(23,24)25)27-18(31)11-29-20(32)19-13(2)28-30(17(19)10-26-29)21-7-14(8-21)9-21/h3-6,10,12,14H,7-9,11H2,1-2H3,(H,27,31). The van der Waals surface area contributed by atoms with Gasteiger partial charge in [0.25, 0.3) is 5.56 Å². The van der Waals surface area contributed by atoms with Gasteiger partial charge in [-0.3, -0.25) is 14.3 Å². The summed E-state index contributed by atoms with van der Waals surface area (Å²) in [5, 5.41) is 12.0. The lowest BCUT2D eigenvalue weighted by atomic mass is 9.50. The fourth-order valence-electron chi connectivity index (χ4n) is 4.87. The molecular formula is C22H22F3N5O2. The lowest BCUT2D eigenvalue weighted by Gasteiger charge is -2.61. The van der Waals surface area contributed by atoms with Crippen LogP contribution in [-0.2, 0) is 23.1 Å². The minimum Gasteiger partial charge on any atom is -0.348 e. The SMILES string of the molecule is Cc1nn(C23CC(C2)C3)c2cnn(CC(=O)NC(C)c3ccc(C(F)(F)F)cc3)c(=O)c12. The molecule has 1 unspecified atom stereocenters. The number of hydrogen-bond acceptors (Lipinski definition) is 4. The highest BCUT2D eigenvalue weighted by molar-refractivity contribution is 5.81. The van der Waals surface area contributed by atoms with Crippen LogP contribution in [0.25, 0.3) is 10.9 Å². The van der Waals surface area contributed by atoms with Crippen molar-refractivity contribution >= 4 is 16.8 Å². The van der Waals surface area contributed by atoms with Crippen molar-refractivity contribution in [3.63, 3.8) is 0 Å². The Bertz CT molecular complexity index is 1260. The lowest BCUT2D eigenvalue weighted by molar-refractivity contribution is -0.137. The minimum absolute atomic E-state index is 0.0198. The second-order valence-electron chi connectivity index (χ2n) is 8.98. The zero-order valence-electron chi connectivity index (χ0n) is 17.6. The number of carbonyl (C=O) groups excluding carboxylic acids is 1. The van der Waals surface area contributed by atoms with E-state index in [2.05, 4.69) is 15.5 Å². The number of alkyl halides is 3. The van der Waals surface area contributed by atoms with Crippen molar-refractivity contribution in [2.45, 2.75) is 57.4 Å². The third kappa shape index (κ3) is 3.20. The number of fused-ring (bicyclic) bond motifs is 1. The van der Waals surface area contributed by atoms with E-state index in [0.717, 1.165) is 42.0 Å². The lowest BCUT2D eigenvalue weighted by Crippen LogP contribution is -2.59. The van der Waals surface area contributed by atoms with Gasteiger partial charge in [0.2, 0.25) is 5.91 Å². The van der Waals surface area contributed by atoms with E-state index in [0.29, 0.717) is 22.2 Å². The van der Waals surface area contributed by atoms with E-state index in [4.69, 9.17) is 0 Å². The quantitative estimate of drug-likeness (QED) is 0.653. The summed E-state index contributed by atoms with van der Waals surface area (Å²) in [6.45, 7) is 3.15. The van der Waals surface area contributed by atoms with Crippen molar-refractivity contribution in [3.8, 4) is 0 Å². The van der Waals surface area contributed by atoms with Crippen molar-refractivity contribution in [2.75, 3.05) is 0 Å². The summed E-state index contributed by atoms with van der Waals surface area (Å²) in [5.41, 5.74) is 0.725. The van der Waals surface area contributed by atoms with Crippen LogP contribution in [0.1, 0.15) is 49.0 Å². The summed E-state index contributed by atoms with van der Waals surface area (Å²) >= 11 is 0. The maximum Gasteiger partial charge on any atom is 0.416 e. The van der Waals surface area contributed by atoms with Crippen LogP contribution in [0.5, 0.6) is 0 Å². The molecule has 1 aromatic carbocycles. The number of rotatable bonds is 5. The van der Waals surface area contributed by atoms with Crippen LogP contribution in [0.3, 0.4) is 0 Å². The van der Waals surface area contributed by atoms with Crippen LogP contribution in [-0.4, -0.2) is 25.5 Å². The summed E-state index contributed by atoms with van der Waals surface area (Å²) in [6, 6.07) is 4.08. The summed E-state index contributed by atoms with van der Waals surface area (Å²) in [7, 11) is 0. The minimum atomic E-state index is -4.42. The van der Waals surface area contributed by atoms with Crippen LogP contribution in [0.15, 0.2) is 35.3 Å². The Morgan fingerprint density at radius 2 is 1.91 bits per heavy atom. The van der Waals surface area contributed by atoms with Gasteiger partial charge in [-0.2, -0.15) is 23.4 Å². The van der Waals surface area contributed by atoms with E-state index in [9.17, 15) is 22.8 Å². The highest BCUT2D eigenvalue weighted by atomic mass is 19.4. The third-order valence-corrected chi connectivity index (χ3v) is 6.73. The molecule has 6 rings (SSSR count). The van der Waals surface area contributed by atoms with Crippen LogP contribution in [0.4, 0.5) is 13.2 Å². The Balaban J connectivity index is 1.32. The van der Waals surface area contributed by atoms with E-state index in [1.807, 2.05) is 4.68 Å².